The minimum atomic E-state index is -0.966. The maximum absolute atomic E-state index is 5.81. The van der Waals surface area contributed by atoms with Gasteiger partial charge < -0.3 is 0 Å². The van der Waals surface area contributed by atoms with Gasteiger partial charge in [0.25, 0.3) is 0 Å². The molecule has 0 fully saturated rings. The van der Waals surface area contributed by atoms with Crippen LogP contribution < -0.4 is 0 Å². The van der Waals surface area contributed by atoms with E-state index in [1.807, 2.05) is 0 Å². The molecule has 0 aromatic heterocycles. The van der Waals surface area contributed by atoms with Crippen LogP contribution in [0.5, 0.6) is 0 Å². The lowest BCUT2D eigenvalue weighted by Crippen LogP contribution is -1.47. The fraction of sp³-hybridized carbons (Fsp3) is 0.500. The molecule has 1 aliphatic heterocycles. The van der Waals surface area contributed by atoms with Crippen molar-refractivity contribution in [2.24, 2.45) is 0 Å². The third kappa shape index (κ3) is 0.597. The van der Waals surface area contributed by atoms with Gasteiger partial charge in [0.1, 0.15) is 11.1 Å². The van der Waals surface area contributed by atoms with Crippen molar-refractivity contribution >= 4 is 17.9 Å². The summed E-state index contributed by atoms with van der Waals surface area (Å²) >= 11 is 5.81. The third-order valence-electron chi connectivity index (χ3n) is 1.05. The molecule has 0 aliphatic carbocycles. The number of rotatable bonds is 0. The van der Waals surface area contributed by atoms with Crippen LogP contribution in [0.4, 0.5) is 0 Å². The molecule has 0 N–H and O–H groups in total. The van der Waals surface area contributed by atoms with Gasteiger partial charge in [-0.15, -0.1) is 0 Å². The van der Waals surface area contributed by atoms with Crippen molar-refractivity contribution in [2.45, 2.75) is 6.92 Å². The first kappa shape index (κ1) is 4.61. The van der Waals surface area contributed by atoms with Gasteiger partial charge in [0.15, 0.2) is 6.62 Å². The van der Waals surface area contributed by atoms with E-state index in [0.717, 1.165) is 0 Å². The van der Waals surface area contributed by atoms with Gasteiger partial charge in [-0.25, -0.2) is 0 Å². The van der Waals surface area contributed by atoms with Crippen molar-refractivity contribution in [2.75, 3.05) is 6.66 Å². The van der Waals surface area contributed by atoms with Crippen LogP contribution in [-0.4, -0.2) is 6.66 Å². The summed E-state index contributed by atoms with van der Waals surface area (Å²) in [5.74, 6) is 2.15. The van der Waals surface area contributed by atoms with Crippen molar-refractivity contribution in [3.63, 3.8) is 0 Å². The van der Waals surface area contributed by atoms with Crippen LogP contribution in [0.3, 0.4) is 0 Å². The minimum absolute atomic E-state index is 0.966. The fourth-order valence-electron chi connectivity index (χ4n) is 0.322. The van der Waals surface area contributed by atoms with E-state index in [-0.39, 0.29) is 0 Å². The van der Waals surface area contributed by atoms with E-state index in [1.165, 1.54) is 5.31 Å². The van der Waals surface area contributed by atoms with E-state index in [4.69, 9.17) is 11.2 Å². The Morgan fingerprint density at radius 2 is 2.00 bits per heavy atom. The molecule has 2 heteroatoms. The van der Waals surface area contributed by atoms with E-state index in [0.29, 0.717) is 0 Å². The Bertz CT molecular complexity index is 104. The van der Waals surface area contributed by atoms with E-state index in [9.17, 15) is 0 Å². The maximum atomic E-state index is 5.81. The van der Waals surface area contributed by atoms with Gasteiger partial charge in [0.05, 0.1) is 17.9 Å². The SMILES string of the molecule is CC1=C[P+]1(C)Cl. The Balaban J connectivity index is 2.53. The lowest BCUT2D eigenvalue weighted by Gasteiger charge is -1.79. The zero-order chi connectivity index (χ0) is 4.78. The second-order valence-corrected chi connectivity index (χ2v) is 6.73. The standard InChI is InChI=1S/C4H7ClP/c1-4-3-6(4,2)5/h3H,1-2H3/q+1. The normalized spacial score (nSPS) is 42.2. The molecule has 1 unspecified atom stereocenters. The first-order chi connectivity index (χ1) is 2.63. The first-order valence-electron chi connectivity index (χ1n) is 1.89. The highest BCUT2D eigenvalue weighted by Crippen LogP contribution is 2.81. The molecule has 1 aliphatic rings. The quantitative estimate of drug-likeness (QED) is 0.432. The van der Waals surface area contributed by atoms with E-state index < -0.39 is 6.62 Å². The van der Waals surface area contributed by atoms with Gasteiger partial charge in [0.2, 0.25) is 0 Å². The summed E-state index contributed by atoms with van der Waals surface area (Å²) < 4.78 is 0. The average molecular weight is 122 g/mol. The molecule has 0 saturated heterocycles. The molecule has 1 atom stereocenters. The smallest absolute Gasteiger partial charge is 0.00143 e. The molecule has 34 valence electrons. The average Bonchev–Trinajstić information content (AvgIpc) is 1.73. The van der Waals surface area contributed by atoms with E-state index >= 15 is 0 Å². The molecule has 0 bridgehead atoms. The topological polar surface area (TPSA) is 0 Å². The summed E-state index contributed by atoms with van der Waals surface area (Å²) in [7, 11) is 0. The maximum Gasteiger partial charge on any atom is 0.170 e. The van der Waals surface area contributed by atoms with Gasteiger partial charge >= 0.3 is 0 Å². The zero-order valence-corrected chi connectivity index (χ0v) is 5.55. The largest absolute Gasteiger partial charge is 0.170 e. The lowest BCUT2D eigenvalue weighted by atomic mass is 10.8. The van der Waals surface area contributed by atoms with Crippen LogP contribution in [-0.2, 0) is 0 Å². The predicted molar refractivity (Wildman–Crippen MR) is 32.5 cm³/mol. The minimum Gasteiger partial charge on any atom is -0.00143 e. The van der Waals surface area contributed by atoms with E-state index in [1.54, 1.807) is 0 Å². The van der Waals surface area contributed by atoms with Crippen LogP contribution in [0.1, 0.15) is 6.92 Å². The monoisotopic (exact) mass is 121 g/mol. The first-order valence-corrected chi connectivity index (χ1v) is 5.10. The van der Waals surface area contributed by atoms with Crippen molar-refractivity contribution < 1.29 is 0 Å². The second-order valence-electron chi connectivity index (χ2n) is 1.73. The molecule has 1 rings (SSSR count). The molecule has 1 heterocycles. The Morgan fingerprint density at radius 1 is 1.83 bits per heavy atom. The summed E-state index contributed by atoms with van der Waals surface area (Å²) in [6.07, 6.45) is 0. The van der Waals surface area contributed by atoms with Gasteiger partial charge in [-0.2, -0.15) is 0 Å². The molecule has 0 aromatic carbocycles. The van der Waals surface area contributed by atoms with Crippen LogP contribution in [0, 0.1) is 0 Å². The highest BCUT2D eigenvalue weighted by atomic mass is 35.7. The summed E-state index contributed by atoms with van der Waals surface area (Å²) in [6, 6.07) is 0. The number of halogens is 1. The summed E-state index contributed by atoms with van der Waals surface area (Å²) in [5.41, 5.74) is 0. The van der Waals surface area contributed by atoms with Crippen LogP contribution in [0.25, 0.3) is 0 Å². The van der Waals surface area contributed by atoms with Gasteiger partial charge in [0, 0.05) is 0 Å². The third-order valence-corrected chi connectivity index (χ3v) is 4.25. The molecule has 0 spiro atoms. The van der Waals surface area contributed by atoms with E-state index in [2.05, 4.69) is 19.4 Å². The highest BCUT2D eigenvalue weighted by molar-refractivity contribution is 8.09. The summed E-state index contributed by atoms with van der Waals surface area (Å²) in [5, 5.41) is 1.41. The van der Waals surface area contributed by atoms with Crippen molar-refractivity contribution in [1.29, 1.82) is 0 Å². The Labute approximate surface area is 43.3 Å². The van der Waals surface area contributed by atoms with Crippen LogP contribution in [0.2, 0.25) is 0 Å². The molecule has 0 aromatic rings. The summed E-state index contributed by atoms with van der Waals surface area (Å²) in [4.78, 5) is 0. The zero-order valence-electron chi connectivity index (χ0n) is 3.90. The molecular formula is C4H7ClP+. The van der Waals surface area contributed by atoms with Crippen molar-refractivity contribution in [3.05, 3.63) is 11.1 Å². The molecule has 0 saturated carbocycles. The van der Waals surface area contributed by atoms with Gasteiger partial charge in [-0.05, 0) is 6.92 Å². The molecule has 6 heavy (non-hydrogen) atoms. The van der Waals surface area contributed by atoms with Crippen molar-refractivity contribution in [3.8, 4) is 0 Å². The second kappa shape index (κ2) is 0.993. The predicted octanol–water partition coefficient (Wildman–Crippen LogP) is 2.66. The highest BCUT2D eigenvalue weighted by Gasteiger charge is 2.45. The Hall–Kier alpha value is 0.460. The fourth-order valence-corrected chi connectivity index (χ4v) is 2.13. The Morgan fingerprint density at radius 3 is 2.00 bits per heavy atom. The number of hydrogen-bond donors (Lipinski definition) is 0. The van der Waals surface area contributed by atoms with Crippen LogP contribution in [0.15, 0.2) is 11.1 Å². The Kier molecular flexibility index (Phi) is 0.763. The van der Waals surface area contributed by atoms with Gasteiger partial charge in [-0.1, -0.05) is 0 Å². The number of hydrogen-bond acceptors (Lipinski definition) is 0. The van der Waals surface area contributed by atoms with Crippen LogP contribution >= 0.6 is 17.9 Å². The molecular weight excluding hydrogens is 114 g/mol. The molecule has 0 amide bonds. The lowest BCUT2D eigenvalue weighted by molar-refractivity contribution is 1.77. The summed E-state index contributed by atoms with van der Waals surface area (Å²) in [6.45, 7) is 3.22. The molecule has 0 nitrogen and oxygen atoms in total. The van der Waals surface area contributed by atoms with Gasteiger partial charge in [-0.3, -0.25) is 0 Å². The molecule has 0 radical (unpaired) electrons. The van der Waals surface area contributed by atoms with Crippen molar-refractivity contribution in [1.82, 2.24) is 0 Å². The number of allylic oxidation sites excluding steroid dienone is 1.